The number of hydrogen-bond donors (Lipinski definition) is 2. The maximum atomic E-state index is 12.5. The van der Waals surface area contributed by atoms with E-state index in [-0.39, 0.29) is 31.3 Å². The summed E-state index contributed by atoms with van der Waals surface area (Å²) in [5.41, 5.74) is 4.81. The van der Waals surface area contributed by atoms with Crippen LogP contribution in [-0.2, 0) is 16.1 Å². The highest BCUT2D eigenvalue weighted by Crippen LogP contribution is 2.44. The van der Waals surface area contributed by atoms with Crippen molar-refractivity contribution in [2.45, 2.75) is 25.8 Å². The molecule has 4 rings (SSSR count). The molecule has 1 aliphatic carbocycles. The van der Waals surface area contributed by atoms with Gasteiger partial charge in [0, 0.05) is 31.7 Å². The minimum atomic E-state index is -1.07. The summed E-state index contributed by atoms with van der Waals surface area (Å²) in [6.07, 6.45) is 3.16. The molecule has 0 atom stereocenters. The number of amides is 2. The highest BCUT2D eigenvalue weighted by molar-refractivity contribution is 5.94. The predicted octanol–water partition coefficient (Wildman–Crippen LogP) is 3.36. The molecule has 1 aliphatic rings. The molecular weight excluding hydrogens is 448 g/mol. The Morgan fingerprint density at radius 1 is 1.09 bits per heavy atom. The third-order valence-corrected chi connectivity index (χ3v) is 5.94. The minimum Gasteiger partial charge on any atom is -0.480 e. The minimum absolute atomic E-state index is 0.00719. The number of carbonyl (C=O) groups is 3. The molecule has 1 aromatic heterocycles. The zero-order valence-corrected chi connectivity index (χ0v) is 19.5. The SMILES string of the molecule is CCCN(CC(=O)O)C(=O)c1cn(CCNC(=O)OCC2c3ccccc3-c3ccccc32)cn1. The average Bonchev–Trinajstić information content (AvgIpc) is 3.45. The van der Waals surface area contributed by atoms with Gasteiger partial charge in [-0.2, -0.15) is 0 Å². The van der Waals surface area contributed by atoms with Gasteiger partial charge in [0.25, 0.3) is 5.91 Å². The number of nitrogens with zero attached hydrogens (tertiary/aromatic N) is 3. The Kier molecular flexibility index (Phi) is 7.45. The van der Waals surface area contributed by atoms with Crippen molar-refractivity contribution in [3.8, 4) is 11.1 Å². The Balaban J connectivity index is 1.27. The van der Waals surface area contributed by atoms with Crippen molar-refractivity contribution in [1.29, 1.82) is 0 Å². The highest BCUT2D eigenvalue weighted by atomic mass is 16.5. The van der Waals surface area contributed by atoms with Gasteiger partial charge in [-0.1, -0.05) is 55.5 Å². The number of fused-ring (bicyclic) bond motifs is 3. The lowest BCUT2D eigenvalue weighted by atomic mass is 9.98. The average molecular weight is 477 g/mol. The fourth-order valence-electron chi connectivity index (χ4n) is 4.38. The summed E-state index contributed by atoms with van der Waals surface area (Å²) in [7, 11) is 0. The van der Waals surface area contributed by atoms with Crippen LogP contribution < -0.4 is 5.32 Å². The second-order valence-electron chi connectivity index (χ2n) is 8.37. The normalized spacial score (nSPS) is 12.0. The molecule has 0 bridgehead atoms. The van der Waals surface area contributed by atoms with Gasteiger partial charge < -0.3 is 24.6 Å². The van der Waals surface area contributed by atoms with E-state index in [2.05, 4.69) is 34.6 Å². The monoisotopic (exact) mass is 476 g/mol. The van der Waals surface area contributed by atoms with Gasteiger partial charge >= 0.3 is 12.1 Å². The summed E-state index contributed by atoms with van der Waals surface area (Å²) >= 11 is 0. The molecule has 0 spiro atoms. The van der Waals surface area contributed by atoms with Crippen LogP contribution in [0.5, 0.6) is 0 Å². The third kappa shape index (κ3) is 5.51. The molecule has 0 aliphatic heterocycles. The van der Waals surface area contributed by atoms with Crippen LogP contribution in [0.25, 0.3) is 11.1 Å². The number of ether oxygens (including phenoxy) is 1. The van der Waals surface area contributed by atoms with Crippen molar-refractivity contribution in [2.24, 2.45) is 0 Å². The smallest absolute Gasteiger partial charge is 0.407 e. The van der Waals surface area contributed by atoms with Crippen LogP contribution in [0.1, 0.15) is 40.9 Å². The number of benzene rings is 2. The number of aromatic nitrogens is 2. The number of carboxylic acids is 1. The van der Waals surface area contributed by atoms with E-state index in [0.717, 1.165) is 11.1 Å². The van der Waals surface area contributed by atoms with Gasteiger partial charge in [0.1, 0.15) is 18.8 Å². The van der Waals surface area contributed by atoms with Crippen molar-refractivity contribution >= 4 is 18.0 Å². The zero-order valence-electron chi connectivity index (χ0n) is 19.5. The molecular formula is C26H28N4O5. The number of carbonyl (C=O) groups excluding carboxylic acids is 2. The molecule has 0 saturated heterocycles. The van der Waals surface area contributed by atoms with Gasteiger partial charge in [-0.25, -0.2) is 9.78 Å². The van der Waals surface area contributed by atoms with Crippen LogP contribution in [0.2, 0.25) is 0 Å². The highest BCUT2D eigenvalue weighted by Gasteiger charge is 2.29. The van der Waals surface area contributed by atoms with E-state index in [9.17, 15) is 14.4 Å². The van der Waals surface area contributed by atoms with Crippen molar-refractivity contribution in [2.75, 3.05) is 26.2 Å². The van der Waals surface area contributed by atoms with Crippen LogP contribution in [0, 0.1) is 0 Å². The molecule has 0 radical (unpaired) electrons. The van der Waals surface area contributed by atoms with E-state index in [1.165, 1.54) is 22.4 Å². The first-order chi connectivity index (χ1) is 17.0. The summed E-state index contributed by atoms with van der Waals surface area (Å²) < 4.78 is 7.19. The lowest BCUT2D eigenvalue weighted by Crippen LogP contribution is -2.36. The first-order valence-electron chi connectivity index (χ1n) is 11.6. The number of rotatable bonds is 10. The molecule has 182 valence electrons. The van der Waals surface area contributed by atoms with E-state index in [0.29, 0.717) is 19.5 Å². The van der Waals surface area contributed by atoms with Gasteiger partial charge in [0.2, 0.25) is 0 Å². The van der Waals surface area contributed by atoms with Crippen molar-refractivity contribution < 1.29 is 24.2 Å². The largest absolute Gasteiger partial charge is 0.480 e. The summed E-state index contributed by atoms with van der Waals surface area (Å²) in [4.78, 5) is 41.2. The van der Waals surface area contributed by atoms with E-state index in [4.69, 9.17) is 9.84 Å². The Hall–Kier alpha value is -4.14. The Bertz CT molecular complexity index is 1180. The first kappa shape index (κ1) is 24.0. The molecule has 0 unspecified atom stereocenters. The van der Waals surface area contributed by atoms with Gasteiger partial charge in [0.05, 0.1) is 6.33 Å². The molecule has 0 fully saturated rings. The van der Waals surface area contributed by atoms with E-state index < -0.39 is 18.0 Å². The number of aliphatic carboxylic acids is 1. The van der Waals surface area contributed by atoms with E-state index in [1.807, 2.05) is 31.2 Å². The van der Waals surface area contributed by atoms with Crippen molar-refractivity contribution in [3.63, 3.8) is 0 Å². The standard InChI is InChI=1S/C26H28N4O5/c1-2-12-30(15-24(31)32)25(33)23-14-29(17-28-23)13-11-27-26(34)35-16-22-20-9-5-3-7-18(20)19-8-4-6-10-21(19)22/h3-10,14,17,22H,2,11-13,15-16H2,1H3,(H,27,34)(H,31,32). The molecule has 2 aromatic carbocycles. The predicted molar refractivity (Wildman–Crippen MR) is 129 cm³/mol. The van der Waals surface area contributed by atoms with Crippen molar-refractivity contribution in [1.82, 2.24) is 19.8 Å². The van der Waals surface area contributed by atoms with E-state index in [1.54, 1.807) is 10.8 Å². The zero-order chi connectivity index (χ0) is 24.8. The quantitative estimate of drug-likeness (QED) is 0.464. The van der Waals surface area contributed by atoms with Crippen LogP contribution in [-0.4, -0.2) is 63.8 Å². The van der Waals surface area contributed by atoms with Crippen LogP contribution in [0.4, 0.5) is 4.79 Å². The Labute approximate surface area is 203 Å². The molecule has 9 heteroatoms. The lowest BCUT2D eigenvalue weighted by molar-refractivity contribution is -0.137. The number of imidazole rings is 1. The van der Waals surface area contributed by atoms with Gasteiger partial charge in [0.15, 0.2) is 0 Å². The maximum Gasteiger partial charge on any atom is 0.407 e. The summed E-state index contributed by atoms with van der Waals surface area (Å²) in [6.45, 7) is 2.74. The molecule has 35 heavy (non-hydrogen) atoms. The topological polar surface area (TPSA) is 114 Å². The molecule has 0 saturated carbocycles. The molecule has 9 nitrogen and oxygen atoms in total. The number of alkyl carbamates (subject to hydrolysis) is 1. The number of nitrogens with one attached hydrogen (secondary N) is 1. The summed E-state index contributed by atoms with van der Waals surface area (Å²) in [5.74, 6) is -1.51. The fourth-order valence-corrected chi connectivity index (χ4v) is 4.38. The first-order valence-corrected chi connectivity index (χ1v) is 11.6. The van der Waals surface area contributed by atoms with Gasteiger partial charge in [-0.3, -0.25) is 9.59 Å². The maximum absolute atomic E-state index is 12.5. The molecule has 1 heterocycles. The second-order valence-corrected chi connectivity index (χ2v) is 8.37. The van der Waals surface area contributed by atoms with Crippen LogP contribution >= 0.6 is 0 Å². The number of hydrogen-bond acceptors (Lipinski definition) is 5. The van der Waals surface area contributed by atoms with Crippen LogP contribution in [0.15, 0.2) is 61.1 Å². The summed E-state index contributed by atoms with van der Waals surface area (Å²) in [5, 5.41) is 11.7. The van der Waals surface area contributed by atoms with Crippen LogP contribution in [0.3, 0.4) is 0 Å². The fraction of sp³-hybridized carbons (Fsp3) is 0.308. The molecule has 2 N–H and O–H groups in total. The number of carboxylic acid groups (broad SMARTS) is 1. The third-order valence-electron chi connectivity index (χ3n) is 5.94. The Morgan fingerprint density at radius 2 is 1.74 bits per heavy atom. The molecule has 3 aromatic rings. The van der Waals surface area contributed by atoms with E-state index >= 15 is 0 Å². The summed E-state index contributed by atoms with van der Waals surface area (Å²) in [6, 6.07) is 16.3. The molecule has 2 amide bonds. The van der Waals surface area contributed by atoms with Gasteiger partial charge in [-0.05, 0) is 28.7 Å². The Morgan fingerprint density at radius 3 is 2.37 bits per heavy atom. The lowest BCUT2D eigenvalue weighted by Gasteiger charge is -2.18. The van der Waals surface area contributed by atoms with Gasteiger partial charge in [-0.15, -0.1) is 0 Å². The second kappa shape index (κ2) is 10.9. The van der Waals surface area contributed by atoms with Crippen molar-refractivity contribution in [3.05, 3.63) is 77.9 Å².